The monoisotopic (exact) mass is 323 g/mol. The molecule has 0 spiro atoms. The Kier molecular flexibility index (Phi) is 10.5. The molecule has 1 aromatic rings. The third-order valence-electron chi connectivity index (χ3n) is 4.01. The van der Waals surface area contributed by atoms with Gasteiger partial charge in [-0.2, -0.15) is 0 Å². The first-order chi connectivity index (χ1) is 11.2. The molecule has 0 fully saturated rings. The fourth-order valence-electron chi connectivity index (χ4n) is 2.70. The third kappa shape index (κ3) is 8.24. The van der Waals surface area contributed by atoms with Crippen molar-refractivity contribution in [3.8, 4) is 5.75 Å². The van der Waals surface area contributed by atoms with Crippen LogP contribution in [-0.2, 0) is 4.74 Å². The molecule has 0 aliphatic rings. The lowest BCUT2D eigenvalue weighted by atomic mass is 10.1. The Bertz CT molecular complexity index is 394. The Morgan fingerprint density at radius 3 is 2.26 bits per heavy atom. The molecule has 0 saturated heterocycles. The highest BCUT2D eigenvalue weighted by atomic mass is 16.5. The molecular weight excluding hydrogens is 290 g/mol. The van der Waals surface area contributed by atoms with Crippen LogP contribution in [0.4, 0.5) is 5.69 Å². The second kappa shape index (κ2) is 12.2. The maximum atomic E-state index is 10.1. The molecule has 132 valence electrons. The van der Waals surface area contributed by atoms with Crippen molar-refractivity contribution < 1.29 is 14.6 Å². The van der Waals surface area contributed by atoms with Crippen molar-refractivity contribution >= 4 is 5.69 Å². The van der Waals surface area contributed by atoms with Crippen LogP contribution in [0.3, 0.4) is 0 Å². The van der Waals surface area contributed by atoms with E-state index in [0.717, 1.165) is 24.4 Å². The van der Waals surface area contributed by atoms with E-state index in [1.807, 2.05) is 12.1 Å². The molecule has 23 heavy (non-hydrogen) atoms. The van der Waals surface area contributed by atoms with Crippen LogP contribution in [0.2, 0.25) is 0 Å². The van der Waals surface area contributed by atoms with Gasteiger partial charge in [-0.3, -0.25) is 0 Å². The summed E-state index contributed by atoms with van der Waals surface area (Å²) in [5.41, 5.74) is 1.12. The van der Waals surface area contributed by atoms with Gasteiger partial charge in [0.25, 0.3) is 0 Å². The van der Waals surface area contributed by atoms with E-state index in [-0.39, 0.29) is 0 Å². The van der Waals surface area contributed by atoms with Crippen LogP contribution in [0.1, 0.15) is 45.4 Å². The lowest BCUT2D eigenvalue weighted by Gasteiger charge is -2.27. The standard InChI is InChI=1S/C19H33NO3/c1-4-5-6-7-8-9-14-20(15-18(21)16-22-2)17-10-12-19(23-3)13-11-17/h10-13,18,21H,4-9,14-16H2,1-3H3. The van der Waals surface area contributed by atoms with Crippen LogP contribution in [0.25, 0.3) is 0 Å². The predicted molar refractivity (Wildman–Crippen MR) is 96.5 cm³/mol. The molecule has 4 nitrogen and oxygen atoms in total. The lowest BCUT2D eigenvalue weighted by molar-refractivity contribution is 0.0687. The van der Waals surface area contributed by atoms with Gasteiger partial charge in [0, 0.05) is 25.9 Å². The van der Waals surface area contributed by atoms with Gasteiger partial charge in [0.1, 0.15) is 5.75 Å². The zero-order chi connectivity index (χ0) is 16.9. The summed E-state index contributed by atoms with van der Waals surface area (Å²) in [5.74, 6) is 0.853. The van der Waals surface area contributed by atoms with Gasteiger partial charge in [-0.1, -0.05) is 39.0 Å². The zero-order valence-corrected chi connectivity index (χ0v) is 15.0. The van der Waals surface area contributed by atoms with E-state index < -0.39 is 6.10 Å². The minimum atomic E-state index is -0.470. The topological polar surface area (TPSA) is 41.9 Å². The summed E-state index contributed by atoms with van der Waals surface area (Å²) in [6.45, 7) is 4.15. The summed E-state index contributed by atoms with van der Waals surface area (Å²) in [5, 5.41) is 10.1. The number of nitrogens with zero attached hydrogens (tertiary/aromatic N) is 1. The average Bonchev–Trinajstić information content (AvgIpc) is 2.57. The summed E-state index contributed by atoms with van der Waals surface area (Å²) in [7, 11) is 3.29. The van der Waals surface area contributed by atoms with Crippen molar-refractivity contribution in [2.75, 3.05) is 38.8 Å². The number of hydrogen-bond donors (Lipinski definition) is 1. The molecule has 1 aromatic carbocycles. The quantitative estimate of drug-likeness (QED) is 0.560. The summed E-state index contributed by atoms with van der Waals surface area (Å²) >= 11 is 0. The second-order valence-corrected chi connectivity index (χ2v) is 6.02. The Hall–Kier alpha value is -1.26. The van der Waals surface area contributed by atoms with Crippen LogP contribution in [0.15, 0.2) is 24.3 Å². The molecule has 0 aliphatic carbocycles. The summed E-state index contributed by atoms with van der Waals surface area (Å²) in [6.07, 6.45) is 7.15. The highest BCUT2D eigenvalue weighted by Gasteiger charge is 2.12. The van der Waals surface area contributed by atoms with Gasteiger partial charge in [0.2, 0.25) is 0 Å². The Morgan fingerprint density at radius 1 is 1.00 bits per heavy atom. The first-order valence-corrected chi connectivity index (χ1v) is 8.77. The zero-order valence-electron chi connectivity index (χ0n) is 15.0. The molecule has 0 aliphatic heterocycles. The van der Waals surface area contributed by atoms with Gasteiger partial charge < -0.3 is 19.5 Å². The minimum Gasteiger partial charge on any atom is -0.497 e. The van der Waals surface area contributed by atoms with Gasteiger partial charge >= 0.3 is 0 Å². The van der Waals surface area contributed by atoms with E-state index in [1.165, 1.54) is 32.1 Å². The lowest BCUT2D eigenvalue weighted by Crippen LogP contribution is -2.35. The molecule has 0 amide bonds. The van der Waals surface area contributed by atoms with E-state index >= 15 is 0 Å². The van der Waals surface area contributed by atoms with Gasteiger partial charge in [-0.15, -0.1) is 0 Å². The molecule has 1 atom stereocenters. The van der Waals surface area contributed by atoms with Gasteiger partial charge in [0.15, 0.2) is 0 Å². The molecule has 4 heteroatoms. The predicted octanol–water partition coefficient (Wildman–Crippen LogP) is 3.87. The molecule has 1 unspecified atom stereocenters. The largest absolute Gasteiger partial charge is 0.497 e. The number of unbranched alkanes of at least 4 members (excludes halogenated alkanes) is 5. The first-order valence-electron chi connectivity index (χ1n) is 8.77. The minimum absolute atomic E-state index is 0.364. The molecule has 0 radical (unpaired) electrons. The van der Waals surface area contributed by atoms with Gasteiger partial charge in [-0.25, -0.2) is 0 Å². The SMILES string of the molecule is CCCCCCCCN(CC(O)COC)c1ccc(OC)cc1. The third-order valence-corrected chi connectivity index (χ3v) is 4.01. The van der Waals surface area contributed by atoms with Crippen molar-refractivity contribution in [1.82, 2.24) is 0 Å². The molecule has 0 heterocycles. The molecule has 1 N–H and O–H groups in total. The van der Waals surface area contributed by atoms with Crippen LogP contribution >= 0.6 is 0 Å². The van der Waals surface area contributed by atoms with Crippen LogP contribution in [0.5, 0.6) is 5.75 Å². The number of hydrogen-bond acceptors (Lipinski definition) is 4. The van der Waals surface area contributed by atoms with Crippen molar-refractivity contribution in [3.63, 3.8) is 0 Å². The Morgan fingerprint density at radius 2 is 1.65 bits per heavy atom. The highest BCUT2D eigenvalue weighted by Crippen LogP contribution is 2.20. The van der Waals surface area contributed by atoms with Crippen molar-refractivity contribution in [3.05, 3.63) is 24.3 Å². The molecule has 1 rings (SSSR count). The molecule has 0 aromatic heterocycles. The highest BCUT2D eigenvalue weighted by molar-refractivity contribution is 5.49. The van der Waals surface area contributed by atoms with E-state index in [1.54, 1.807) is 14.2 Å². The fourth-order valence-corrected chi connectivity index (χ4v) is 2.70. The van der Waals surface area contributed by atoms with E-state index in [9.17, 15) is 5.11 Å². The Labute approximate surface area is 141 Å². The van der Waals surface area contributed by atoms with E-state index in [0.29, 0.717) is 13.2 Å². The van der Waals surface area contributed by atoms with Crippen LogP contribution in [-0.4, -0.2) is 45.1 Å². The average molecular weight is 323 g/mol. The number of rotatable bonds is 13. The Balaban J connectivity index is 2.53. The normalized spacial score (nSPS) is 12.2. The molecule has 0 bridgehead atoms. The first kappa shape index (κ1) is 19.8. The van der Waals surface area contributed by atoms with Crippen LogP contribution < -0.4 is 9.64 Å². The number of anilines is 1. The number of aliphatic hydroxyl groups excluding tert-OH is 1. The maximum Gasteiger partial charge on any atom is 0.119 e. The van der Waals surface area contributed by atoms with Crippen molar-refractivity contribution in [2.24, 2.45) is 0 Å². The van der Waals surface area contributed by atoms with Crippen molar-refractivity contribution in [2.45, 2.75) is 51.6 Å². The summed E-state index contributed by atoms with van der Waals surface area (Å²) in [4.78, 5) is 2.24. The number of ether oxygens (including phenoxy) is 2. The van der Waals surface area contributed by atoms with Crippen molar-refractivity contribution in [1.29, 1.82) is 0 Å². The molecular formula is C19H33NO3. The number of aliphatic hydroxyl groups is 1. The summed E-state index contributed by atoms with van der Waals surface area (Å²) < 4.78 is 10.3. The smallest absolute Gasteiger partial charge is 0.119 e. The summed E-state index contributed by atoms with van der Waals surface area (Å²) in [6, 6.07) is 8.03. The van der Waals surface area contributed by atoms with E-state index in [4.69, 9.17) is 9.47 Å². The van der Waals surface area contributed by atoms with Gasteiger partial charge in [0.05, 0.1) is 19.8 Å². The fraction of sp³-hybridized carbons (Fsp3) is 0.684. The number of benzene rings is 1. The van der Waals surface area contributed by atoms with Gasteiger partial charge in [-0.05, 0) is 30.7 Å². The maximum absolute atomic E-state index is 10.1. The van der Waals surface area contributed by atoms with Crippen LogP contribution in [0, 0.1) is 0 Å². The molecule has 0 saturated carbocycles. The van der Waals surface area contributed by atoms with E-state index in [2.05, 4.69) is 24.0 Å². The number of methoxy groups -OCH3 is 2. The second-order valence-electron chi connectivity index (χ2n) is 6.02.